The van der Waals surface area contributed by atoms with Crippen molar-refractivity contribution in [3.8, 4) is 0 Å². The summed E-state index contributed by atoms with van der Waals surface area (Å²) in [5, 5.41) is 0.825. The molecule has 1 aliphatic rings. The van der Waals surface area contributed by atoms with Crippen molar-refractivity contribution in [1.82, 2.24) is 9.21 Å². The lowest BCUT2D eigenvalue weighted by atomic mass is 10.1. The number of halogens is 3. The Balaban J connectivity index is 1.49. The molecule has 0 spiro atoms. The number of hydrogen-bond acceptors (Lipinski definition) is 5. The summed E-state index contributed by atoms with van der Waals surface area (Å²) in [6.07, 6.45) is -3.81. The van der Waals surface area contributed by atoms with E-state index < -0.39 is 27.4 Å². The standard InChI is InChI=1S/C23H23F3N2O4S/c1-2-16-6-7-20-17(13-22(29)32-21(20)12-16)15-27-8-10-28(11-9-27)33(30,31)19-5-3-4-18(14-19)23(24,25)26/h3-7,12-14H,2,8-11,15H2,1H3. The number of fused-ring (bicyclic) bond motifs is 1. The third kappa shape index (κ3) is 4.97. The second kappa shape index (κ2) is 8.92. The molecule has 2 aromatic carbocycles. The van der Waals surface area contributed by atoms with Crippen molar-refractivity contribution >= 4 is 21.0 Å². The van der Waals surface area contributed by atoms with Gasteiger partial charge in [0.05, 0.1) is 10.5 Å². The zero-order chi connectivity index (χ0) is 23.8. The highest BCUT2D eigenvalue weighted by atomic mass is 32.2. The van der Waals surface area contributed by atoms with Crippen LogP contribution in [0, 0.1) is 0 Å². The second-order valence-corrected chi connectivity index (χ2v) is 9.92. The van der Waals surface area contributed by atoms with Crippen molar-refractivity contribution in [3.63, 3.8) is 0 Å². The number of nitrogens with zero attached hydrogens (tertiary/aromatic N) is 2. The molecule has 0 radical (unpaired) electrons. The number of benzene rings is 2. The van der Waals surface area contributed by atoms with Gasteiger partial charge in [-0.3, -0.25) is 4.90 Å². The van der Waals surface area contributed by atoms with Crippen LogP contribution in [0.3, 0.4) is 0 Å². The van der Waals surface area contributed by atoms with Gasteiger partial charge in [0.15, 0.2) is 0 Å². The minimum Gasteiger partial charge on any atom is -0.423 e. The van der Waals surface area contributed by atoms with Crippen molar-refractivity contribution in [2.45, 2.75) is 31.0 Å². The maximum atomic E-state index is 13.0. The first-order chi connectivity index (χ1) is 15.6. The van der Waals surface area contributed by atoms with Crippen LogP contribution in [0.2, 0.25) is 0 Å². The molecule has 1 aliphatic heterocycles. The largest absolute Gasteiger partial charge is 0.423 e. The number of rotatable bonds is 5. The summed E-state index contributed by atoms with van der Waals surface area (Å²) in [7, 11) is -4.05. The van der Waals surface area contributed by atoms with E-state index in [-0.39, 0.29) is 18.0 Å². The minimum absolute atomic E-state index is 0.137. The molecule has 176 valence electrons. The van der Waals surface area contributed by atoms with E-state index in [1.54, 1.807) is 0 Å². The van der Waals surface area contributed by atoms with Gasteiger partial charge < -0.3 is 4.42 Å². The van der Waals surface area contributed by atoms with Crippen LogP contribution in [-0.4, -0.2) is 43.8 Å². The van der Waals surface area contributed by atoms with Gasteiger partial charge in [0, 0.05) is 44.2 Å². The Morgan fingerprint density at radius 2 is 1.73 bits per heavy atom. The fourth-order valence-electron chi connectivity index (χ4n) is 3.98. The molecular formula is C23H23F3N2O4S. The molecule has 10 heteroatoms. The SMILES string of the molecule is CCc1ccc2c(CN3CCN(S(=O)(=O)c4cccc(C(F)(F)F)c4)CC3)cc(=O)oc2c1. The molecule has 0 saturated carbocycles. The van der Waals surface area contributed by atoms with Crippen LogP contribution in [0.5, 0.6) is 0 Å². The lowest BCUT2D eigenvalue weighted by Gasteiger charge is -2.34. The number of piperazine rings is 1. The molecule has 0 amide bonds. The van der Waals surface area contributed by atoms with Gasteiger partial charge in [-0.05, 0) is 41.8 Å². The number of hydrogen-bond donors (Lipinski definition) is 0. The minimum atomic E-state index is -4.62. The topological polar surface area (TPSA) is 70.8 Å². The Kier molecular flexibility index (Phi) is 6.35. The van der Waals surface area contributed by atoms with Crippen molar-refractivity contribution < 1.29 is 26.0 Å². The average Bonchev–Trinajstić information content (AvgIpc) is 2.78. The summed E-state index contributed by atoms with van der Waals surface area (Å²) in [6, 6.07) is 11.0. The number of alkyl halides is 3. The summed E-state index contributed by atoms with van der Waals surface area (Å²) in [6.45, 7) is 3.48. The van der Waals surface area contributed by atoms with E-state index in [0.717, 1.165) is 35.1 Å². The molecule has 0 bridgehead atoms. The van der Waals surface area contributed by atoms with Gasteiger partial charge in [-0.1, -0.05) is 25.1 Å². The Bertz CT molecular complexity index is 1330. The van der Waals surface area contributed by atoms with Crippen LogP contribution in [0.4, 0.5) is 13.2 Å². The first-order valence-corrected chi connectivity index (χ1v) is 12.0. The normalized spacial score (nSPS) is 16.4. The molecule has 1 fully saturated rings. The molecule has 0 atom stereocenters. The first-order valence-electron chi connectivity index (χ1n) is 10.5. The predicted molar refractivity (Wildman–Crippen MR) is 117 cm³/mol. The van der Waals surface area contributed by atoms with Gasteiger partial charge in [0.1, 0.15) is 5.58 Å². The quantitative estimate of drug-likeness (QED) is 0.519. The van der Waals surface area contributed by atoms with Crippen LogP contribution in [0.25, 0.3) is 11.0 Å². The predicted octanol–water partition coefficient (Wildman–Crippen LogP) is 3.88. The van der Waals surface area contributed by atoms with Gasteiger partial charge in [-0.2, -0.15) is 17.5 Å². The van der Waals surface area contributed by atoms with Gasteiger partial charge in [-0.15, -0.1) is 0 Å². The van der Waals surface area contributed by atoms with Crippen molar-refractivity contribution in [1.29, 1.82) is 0 Å². The summed E-state index contributed by atoms with van der Waals surface area (Å²) in [5.41, 5.74) is 0.914. The summed E-state index contributed by atoms with van der Waals surface area (Å²) < 4.78 is 71.3. The Morgan fingerprint density at radius 1 is 1.00 bits per heavy atom. The van der Waals surface area contributed by atoms with E-state index in [1.807, 2.05) is 30.0 Å². The van der Waals surface area contributed by atoms with Crippen LogP contribution in [0.1, 0.15) is 23.6 Å². The highest BCUT2D eigenvalue weighted by molar-refractivity contribution is 7.89. The molecule has 0 N–H and O–H groups in total. The highest BCUT2D eigenvalue weighted by Crippen LogP contribution is 2.31. The second-order valence-electron chi connectivity index (χ2n) is 7.98. The third-order valence-corrected chi connectivity index (χ3v) is 7.72. The first kappa shape index (κ1) is 23.5. The monoisotopic (exact) mass is 480 g/mol. The third-order valence-electron chi connectivity index (χ3n) is 5.83. The van der Waals surface area contributed by atoms with E-state index >= 15 is 0 Å². The maximum absolute atomic E-state index is 13.0. The Labute approximate surface area is 189 Å². The lowest BCUT2D eigenvalue weighted by molar-refractivity contribution is -0.137. The van der Waals surface area contributed by atoms with Crippen molar-refractivity contribution in [3.05, 3.63) is 75.6 Å². The van der Waals surface area contributed by atoms with Crippen LogP contribution in [-0.2, 0) is 29.2 Å². The smallest absolute Gasteiger partial charge is 0.416 e. The van der Waals surface area contributed by atoms with Crippen molar-refractivity contribution in [2.24, 2.45) is 0 Å². The molecule has 3 aromatic rings. The van der Waals surface area contributed by atoms with E-state index in [1.165, 1.54) is 16.4 Å². The molecule has 0 unspecified atom stereocenters. The number of aryl methyl sites for hydroxylation is 1. The molecule has 4 rings (SSSR count). The highest BCUT2D eigenvalue weighted by Gasteiger charge is 2.34. The van der Waals surface area contributed by atoms with Crippen LogP contribution in [0.15, 0.2) is 62.6 Å². The number of sulfonamides is 1. The van der Waals surface area contributed by atoms with E-state index in [9.17, 15) is 26.4 Å². The molecule has 6 nitrogen and oxygen atoms in total. The van der Waals surface area contributed by atoms with Gasteiger partial charge in [-0.25, -0.2) is 13.2 Å². The summed E-state index contributed by atoms with van der Waals surface area (Å²) in [5.74, 6) is 0. The molecule has 0 aliphatic carbocycles. The molecule has 2 heterocycles. The Hall–Kier alpha value is -2.69. The Morgan fingerprint density at radius 3 is 2.39 bits per heavy atom. The molecule has 33 heavy (non-hydrogen) atoms. The lowest BCUT2D eigenvalue weighted by Crippen LogP contribution is -2.48. The molecule has 1 saturated heterocycles. The molecule has 1 aromatic heterocycles. The summed E-state index contributed by atoms with van der Waals surface area (Å²) in [4.78, 5) is 13.7. The van der Waals surface area contributed by atoms with Crippen LogP contribution >= 0.6 is 0 Å². The zero-order valence-electron chi connectivity index (χ0n) is 17.9. The van der Waals surface area contributed by atoms with Gasteiger partial charge >= 0.3 is 11.8 Å². The zero-order valence-corrected chi connectivity index (χ0v) is 18.7. The van der Waals surface area contributed by atoms with Crippen molar-refractivity contribution in [2.75, 3.05) is 26.2 Å². The van der Waals surface area contributed by atoms with Gasteiger partial charge in [0.25, 0.3) is 0 Å². The average molecular weight is 481 g/mol. The van der Waals surface area contributed by atoms with E-state index in [2.05, 4.69) is 0 Å². The fourth-order valence-corrected chi connectivity index (χ4v) is 5.44. The van der Waals surface area contributed by atoms with Crippen LogP contribution < -0.4 is 5.63 Å². The maximum Gasteiger partial charge on any atom is 0.416 e. The molecular weight excluding hydrogens is 457 g/mol. The van der Waals surface area contributed by atoms with E-state index in [4.69, 9.17) is 4.42 Å². The fraction of sp³-hybridized carbons (Fsp3) is 0.348. The summed E-state index contributed by atoms with van der Waals surface area (Å²) >= 11 is 0. The van der Waals surface area contributed by atoms with E-state index in [0.29, 0.717) is 31.3 Å². The van der Waals surface area contributed by atoms with Gasteiger partial charge in [0.2, 0.25) is 10.0 Å².